The maximum absolute atomic E-state index is 12.9. The Bertz CT molecular complexity index is 2390. The summed E-state index contributed by atoms with van der Waals surface area (Å²) in [6.45, 7) is -0.379. The molecular weight excluding hydrogens is 731 g/mol. The summed E-state index contributed by atoms with van der Waals surface area (Å²) in [7, 11) is -3.99. The molecule has 3 aromatic carbocycles. The molecule has 0 spiro atoms. The maximum atomic E-state index is 12.9. The second-order valence-electron chi connectivity index (χ2n) is 12.9. The number of nitrogens with zero attached hydrogens (tertiary/aromatic N) is 6. The number of benzene rings is 3. The number of aromatic nitrogens is 6. The molecule has 284 valence electrons. The van der Waals surface area contributed by atoms with Crippen molar-refractivity contribution in [3.63, 3.8) is 0 Å². The van der Waals surface area contributed by atoms with Crippen molar-refractivity contribution in [2.45, 2.75) is 41.5 Å². The Morgan fingerprint density at radius 1 is 0.909 bits per heavy atom. The van der Waals surface area contributed by atoms with E-state index in [-0.39, 0.29) is 40.2 Å². The zero-order valence-electron chi connectivity index (χ0n) is 29.0. The van der Waals surface area contributed by atoms with Gasteiger partial charge in [0.2, 0.25) is 15.9 Å². The summed E-state index contributed by atoms with van der Waals surface area (Å²) in [5, 5.41) is 51.9. The van der Waals surface area contributed by atoms with Gasteiger partial charge in [0.15, 0.2) is 17.0 Å². The first-order valence-corrected chi connectivity index (χ1v) is 18.6. The number of hydrogen-bond acceptors (Lipinski definition) is 12. The smallest absolute Gasteiger partial charge is 0.323 e. The predicted molar refractivity (Wildman–Crippen MR) is 201 cm³/mol. The normalized spacial score (nSPS) is 18.3. The summed E-state index contributed by atoms with van der Waals surface area (Å²) in [6.07, 6.45) is 1.77. The molecule has 9 N–H and O–H groups in total. The van der Waals surface area contributed by atoms with Crippen molar-refractivity contribution in [2.75, 3.05) is 29.1 Å². The molecule has 3 amide bonds. The van der Waals surface area contributed by atoms with Crippen LogP contribution in [0.3, 0.4) is 0 Å². The molecule has 0 saturated heterocycles. The zero-order valence-corrected chi connectivity index (χ0v) is 29.8. The first-order chi connectivity index (χ1) is 26.5. The topological polar surface area (TPSA) is 265 Å². The highest BCUT2D eigenvalue weighted by Gasteiger charge is 2.44. The van der Waals surface area contributed by atoms with Gasteiger partial charge in [0.1, 0.15) is 18.8 Å². The van der Waals surface area contributed by atoms with Crippen LogP contribution in [0.25, 0.3) is 17.1 Å². The number of imidazole rings is 1. The summed E-state index contributed by atoms with van der Waals surface area (Å²) < 4.78 is 26.4. The van der Waals surface area contributed by atoms with Gasteiger partial charge in [0.05, 0.1) is 41.4 Å². The molecule has 1 aliphatic rings. The zero-order chi connectivity index (χ0) is 38.7. The quantitative estimate of drug-likeness (QED) is 0.0885. The van der Waals surface area contributed by atoms with Gasteiger partial charge in [-0.15, -0.1) is 0 Å². The molecule has 55 heavy (non-hydrogen) atoms. The average molecular weight is 768 g/mol. The van der Waals surface area contributed by atoms with E-state index < -0.39 is 52.9 Å². The van der Waals surface area contributed by atoms with Crippen molar-refractivity contribution < 1.29 is 33.3 Å². The number of aliphatic hydroxyl groups is 3. The minimum absolute atomic E-state index is 0.0696. The molecule has 1 saturated carbocycles. The molecular formula is C36H37N11O7S. The van der Waals surface area contributed by atoms with E-state index in [1.54, 1.807) is 4.57 Å². The van der Waals surface area contributed by atoms with Gasteiger partial charge in [0, 0.05) is 18.2 Å². The van der Waals surface area contributed by atoms with Crippen LogP contribution in [-0.4, -0.2) is 96.4 Å². The van der Waals surface area contributed by atoms with Crippen LogP contribution < -0.4 is 26.4 Å². The molecule has 1 fully saturated rings. The minimum Gasteiger partial charge on any atom is -0.388 e. The van der Waals surface area contributed by atoms with Gasteiger partial charge in [0.25, 0.3) is 5.95 Å². The number of carbonyl (C=O) groups excluding carboxylic acids is 2. The van der Waals surface area contributed by atoms with Crippen molar-refractivity contribution in [1.82, 2.24) is 34.6 Å². The standard InChI is InChI=1S/C36H37N11O7S/c37-55(53,54)25-13-7-12-23(14-25)41-36(52)42-24-16-40-47(18-24)35-44-33(38-17-26(21-8-3-1-4-9-21)22-10-5-2-6-11-22)30-34(45-35)46(20-39-30)28-15-27(31(50)32(28)51)43-29(49)19-48/h1-14,16,18,20,26-28,31-32,48,50-51H,15,17,19H2,(H,43,49)(H2,37,53,54)(H,38,44,45)(H2,41,42,52)/t27-,28+,31+,32-/m0/s1. The van der Waals surface area contributed by atoms with Crippen LogP contribution in [-0.2, 0) is 14.8 Å². The third-order valence-electron chi connectivity index (χ3n) is 9.25. The Hall–Kier alpha value is -6.25. The fourth-order valence-corrected chi connectivity index (χ4v) is 7.15. The van der Waals surface area contributed by atoms with E-state index in [9.17, 15) is 33.3 Å². The van der Waals surface area contributed by atoms with E-state index in [1.807, 2.05) is 60.7 Å². The molecule has 6 aromatic rings. The largest absolute Gasteiger partial charge is 0.388 e. The van der Waals surface area contributed by atoms with Gasteiger partial charge >= 0.3 is 6.03 Å². The molecule has 4 atom stereocenters. The van der Waals surface area contributed by atoms with E-state index in [0.717, 1.165) is 11.1 Å². The van der Waals surface area contributed by atoms with E-state index in [4.69, 9.17) is 15.1 Å². The minimum atomic E-state index is -3.99. The van der Waals surface area contributed by atoms with Crippen molar-refractivity contribution >= 4 is 50.3 Å². The summed E-state index contributed by atoms with van der Waals surface area (Å²) in [6, 6.07) is 23.1. The fourth-order valence-electron chi connectivity index (χ4n) is 6.59. The number of hydrogen-bond donors (Lipinski definition) is 8. The lowest BCUT2D eigenvalue weighted by molar-refractivity contribution is -0.125. The van der Waals surface area contributed by atoms with Crippen molar-refractivity contribution in [2.24, 2.45) is 5.14 Å². The fraction of sp³-hybridized carbons (Fsp3) is 0.222. The number of urea groups is 1. The number of anilines is 3. The molecule has 19 heteroatoms. The van der Waals surface area contributed by atoms with E-state index in [1.165, 1.54) is 47.7 Å². The number of nitrogens with two attached hydrogens (primary N) is 1. The van der Waals surface area contributed by atoms with Crippen LogP contribution in [0.2, 0.25) is 0 Å². The highest BCUT2D eigenvalue weighted by molar-refractivity contribution is 7.89. The second kappa shape index (κ2) is 15.6. The average Bonchev–Trinajstić information content (AvgIpc) is 3.90. The highest BCUT2D eigenvalue weighted by atomic mass is 32.2. The Kier molecular flexibility index (Phi) is 10.5. The lowest BCUT2D eigenvalue weighted by Gasteiger charge is -2.20. The van der Waals surface area contributed by atoms with Gasteiger partial charge in [-0.2, -0.15) is 15.1 Å². The van der Waals surface area contributed by atoms with E-state index in [2.05, 4.69) is 31.3 Å². The molecule has 18 nitrogen and oxygen atoms in total. The predicted octanol–water partition coefficient (Wildman–Crippen LogP) is 1.69. The monoisotopic (exact) mass is 767 g/mol. The van der Waals surface area contributed by atoms with E-state index in [0.29, 0.717) is 17.9 Å². The van der Waals surface area contributed by atoms with Crippen molar-refractivity contribution in [3.05, 3.63) is 115 Å². The first-order valence-electron chi connectivity index (χ1n) is 17.1. The third-order valence-corrected chi connectivity index (χ3v) is 10.2. The Morgan fingerprint density at radius 2 is 1.60 bits per heavy atom. The van der Waals surface area contributed by atoms with Crippen LogP contribution in [0, 0.1) is 0 Å². The number of fused-ring (bicyclic) bond motifs is 1. The van der Waals surface area contributed by atoms with Crippen LogP contribution >= 0.6 is 0 Å². The maximum Gasteiger partial charge on any atom is 0.323 e. The van der Waals surface area contributed by atoms with Crippen LogP contribution in [0.1, 0.15) is 29.5 Å². The molecule has 0 aliphatic heterocycles. The number of nitrogens with one attached hydrogen (secondary N) is 4. The third kappa shape index (κ3) is 8.15. The molecule has 7 rings (SSSR count). The van der Waals surface area contributed by atoms with Gasteiger partial charge in [-0.1, -0.05) is 66.7 Å². The Morgan fingerprint density at radius 3 is 2.27 bits per heavy atom. The molecule has 3 aromatic heterocycles. The van der Waals surface area contributed by atoms with Crippen molar-refractivity contribution in [1.29, 1.82) is 0 Å². The van der Waals surface area contributed by atoms with Crippen LogP contribution in [0.4, 0.5) is 22.0 Å². The lowest BCUT2D eigenvalue weighted by Crippen LogP contribution is -2.44. The Balaban J connectivity index is 1.21. The van der Waals surface area contributed by atoms with Gasteiger partial charge in [-0.3, -0.25) is 4.79 Å². The van der Waals surface area contributed by atoms with Gasteiger partial charge < -0.3 is 41.2 Å². The van der Waals surface area contributed by atoms with Gasteiger partial charge in [-0.05, 0) is 35.7 Å². The second-order valence-corrected chi connectivity index (χ2v) is 14.5. The first kappa shape index (κ1) is 37.1. The summed E-state index contributed by atoms with van der Waals surface area (Å²) in [5.74, 6) is -0.375. The number of sulfonamides is 1. The number of carbonyl (C=O) groups is 2. The summed E-state index contributed by atoms with van der Waals surface area (Å²) >= 11 is 0. The highest BCUT2D eigenvalue weighted by Crippen LogP contribution is 2.35. The summed E-state index contributed by atoms with van der Waals surface area (Å²) in [4.78, 5) is 38.7. The number of amides is 3. The number of aliphatic hydroxyl groups excluding tert-OH is 3. The molecule has 0 unspecified atom stereocenters. The van der Waals surface area contributed by atoms with Gasteiger partial charge in [-0.25, -0.2) is 28.0 Å². The van der Waals surface area contributed by atoms with Crippen molar-refractivity contribution in [3.8, 4) is 5.95 Å². The van der Waals surface area contributed by atoms with E-state index >= 15 is 0 Å². The van der Waals surface area contributed by atoms with Crippen LogP contribution in [0.5, 0.6) is 0 Å². The summed E-state index contributed by atoms with van der Waals surface area (Å²) in [5.41, 5.74) is 3.21. The lowest BCUT2D eigenvalue weighted by atomic mass is 9.91. The number of rotatable bonds is 12. The molecule has 3 heterocycles. The molecule has 1 aliphatic carbocycles. The molecule has 0 radical (unpaired) electrons. The SMILES string of the molecule is NS(=O)(=O)c1cccc(NC(=O)Nc2cnn(-c3nc(NCC(c4ccccc4)c4ccccc4)c4ncn([C@@H]5C[C@H](NC(=O)CO)[C@@H](O)[C@H]5O)c4n3)c2)c1. The Labute approximate surface area is 314 Å². The molecule has 0 bridgehead atoms. The van der Waals surface area contributed by atoms with Crippen LogP contribution in [0.15, 0.2) is 109 Å². The number of primary sulfonamides is 1.